The molecule has 2 aliphatic carbocycles. The van der Waals surface area contributed by atoms with Crippen molar-refractivity contribution < 1.29 is 21.9 Å². The normalized spacial score (nSPS) is 16.4. The van der Waals surface area contributed by atoms with Gasteiger partial charge in [-0.25, -0.2) is 0 Å². The fourth-order valence-electron chi connectivity index (χ4n) is 10.1. The van der Waals surface area contributed by atoms with Crippen molar-refractivity contribution in [3.8, 4) is 44.5 Å². The van der Waals surface area contributed by atoms with Gasteiger partial charge >= 0.3 is 0 Å². The standard InChI is InChI=1S/C65H44P2S2/c68-66(50-18-5-1-6-19-50,51-20-7-2-8-21-51)54-36-29-45(30-37-54)48-33-40-57-58-41-34-49(46-31-38-55(39-32-46)67(69,52-22-9-3-10-23-52)53-24-11-4-12-25-53)44-63(58)65(62(57)43-48)60-28-16-15-27-59(60)64-56-26-14-13-17-47(56)35-42-61(64)65/h1-44H/i13D,14D,15D,16D,17D,26D,27D,28D,33D,34D,35D,40D,41D,42D,43D,44D. The molecule has 2 aliphatic rings. The third-order valence-electron chi connectivity index (χ3n) is 13.3. The van der Waals surface area contributed by atoms with Crippen LogP contribution >= 0.6 is 12.1 Å². The zero-order valence-corrected chi connectivity index (χ0v) is 39.8. The molecule has 0 heterocycles. The summed E-state index contributed by atoms with van der Waals surface area (Å²) in [6, 6.07) is 37.2. The highest BCUT2D eigenvalue weighted by atomic mass is 32.4. The van der Waals surface area contributed by atoms with Gasteiger partial charge in [0.2, 0.25) is 0 Å². The lowest BCUT2D eigenvalue weighted by atomic mass is 9.69. The third kappa shape index (κ3) is 6.41. The summed E-state index contributed by atoms with van der Waals surface area (Å²) in [7, 11) is 0. The Balaban J connectivity index is 1.16. The van der Waals surface area contributed by atoms with Crippen molar-refractivity contribution >= 4 is 78.3 Å². The maximum absolute atomic E-state index is 10.7. The van der Waals surface area contributed by atoms with E-state index >= 15 is 0 Å². The number of fused-ring (bicyclic) bond motifs is 12. The fraction of sp³-hybridized carbons (Fsp3) is 0.0154. The topological polar surface area (TPSA) is 0 Å². The van der Waals surface area contributed by atoms with Crippen molar-refractivity contribution in [2.24, 2.45) is 0 Å². The highest BCUT2D eigenvalue weighted by Gasteiger charge is 2.52. The second-order valence-electron chi connectivity index (χ2n) is 16.9. The number of benzene rings is 11. The molecule has 0 radical (unpaired) electrons. The van der Waals surface area contributed by atoms with Gasteiger partial charge in [-0.15, -0.1) is 0 Å². The van der Waals surface area contributed by atoms with Gasteiger partial charge in [-0.05, 0) is 121 Å². The Morgan fingerprint density at radius 1 is 0.319 bits per heavy atom. The molecule has 0 N–H and O–H groups in total. The lowest BCUT2D eigenvalue weighted by Crippen LogP contribution is -2.26. The van der Waals surface area contributed by atoms with Crippen LogP contribution < -0.4 is 31.8 Å². The zero-order chi connectivity index (χ0) is 60.1. The predicted octanol–water partition coefficient (Wildman–Crippen LogP) is 14.0. The van der Waals surface area contributed by atoms with E-state index in [1.807, 2.05) is 146 Å². The minimum atomic E-state index is -2.74. The largest absolute Gasteiger partial charge is 0.0826 e. The summed E-state index contributed by atoms with van der Waals surface area (Å²) in [5, 5.41) is 4.42. The Morgan fingerprint density at radius 3 is 1.19 bits per heavy atom. The van der Waals surface area contributed by atoms with E-state index in [1.165, 1.54) is 0 Å². The van der Waals surface area contributed by atoms with Crippen LogP contribution in [0.25, 0.3) is 55.3 Å². The van der Waals surface area contributed by atoms with Crippen LogP contribution in [0.15, 0.2) is 267 Å². The Kier molecular flexibility index (Phi) is 6.85. The molecule has 1 spiro atoms. The molecule has 0 unspecified atom stereocenters. The first kappa shape index (κ1) is 28.5. The van der Waals surface area contributed by atoms with Gasteiger partial charge in [-0.1, -0.05) is 278 Å². The zero-order valence-electron chi connectivity index (χ0n) is 52.4. The van der Waals surface area contributed by atoms with Gasteiger partial charge in [0.1, 0.15) is 0 Å². The minimum absolute atomic E-state index is 0.126. The molecular formula is C65H44P2S2. The van der Waals surface area contributed by atoms with Crippen LogP contribution in [0.5, 0.6) is 0 Å². The van der Waals surface area contributed by atoms with E-state index in [-0.39, 0.29) is 72.1 Å². The van der Waals surface area contributed by atoms with Crippen molar-refractivity contribution in [2.45, 2.75) is 5.41 Å². The van der Waals surface area contributed by atoms with E-state index in [9.17, 15) is 16.4 Å². The molecule has 0 saturated carbocycles. The van der Waals surface area contributed by atoms with E-state index in [0.717, 1.165) is 31.8 Å². The Bertz CT molecular complexity index is 4520. The minimum Gasteiger partial charge on any atom is -0.0826 e. The summed E-state index contributed by atoms with van der Waals surface area (Å²) < 4.78 is 156. The van der Waals surface area contributed by atoms with Gasteiger partial charge in [0, 0.05) is 12.1 Å². The van der Waals surface area contributed by atoms with Crippen molar-refractivity contribution in [3.63, 3.8) is 0 Å². The Morgan fingerprint density at radius 2 is 0.725 bits per heavy atom. The van der Waals surface area contributed by atoms with E-state index < -0.39 is 120 Å². The van der Waals surface area contributed by atoms with E-state index in [4.69, 9.17) is 29.1 Å². The van der Waals surface area contributed by atoms with Crippen LogP contribution in [0.1, 0.15) is 44.2 Å². The van der Waals surface area contributed by atoms with Crippen LogP contribution in [0.2, 0.25) is 0 Å². The van der Waals surface area contributed by atoms with Gasteiger partial charge in [0.25, 0.3) is 0 Å². The first-order valence-electron chi connectivity index (χ1n) is 30.2. The molecule has 326 valence electrons. The van der Waals surface area contributed by atoms with E-state index in [1.54, 1.807) is 24.3 Å². The highest BCUT2D eigenvalue weighted by Crippen LogP contribution is 2.64. The Labute approximate surface area is 437 Å². The van der Waals surface area contributed by atoms with Crippen molar-refractivity contribution in [3.05, 3.63) is 289 Å². The predicted molar refractivity (Wildman–Crippen MR) is 303 cm³/mol. The smallest absolute Gasteiger partial charge is 0.0726 e. The van der Waals surface area contributed by atoms with Crippen LogP contribution in [0.4, 0.5) is 0 Å². The SMILES string of the molecule is [2H]c1c([2H])c([2H])c2c(c1[2H])-c1c(c([2H])c([2H])c3c([2H])c([2H])c([2H])c([2H])c13)C21c2c([2H])c(-c3ccc(P(=S)(c4ccccc4)c4ccccc4)cc3)c([2H])c([2H])c2-c2c([2H])c([2H])c(-c3ccc(P(=S)(c4ccccc4)c4ccccc4)cc3)c([2H])c21. The molecule has 0 aliphatic heterocycles. The fourth-order valence-corrected chi connectivity index (χ4v) is 17.6. The van der Waals surface area contributed by atoms with Gasteiger partial charge in [0.05, 0.1) is 27.3 Å². The summed E-state index contributed by atoms with van der Waals surface area (Å²) in [6.45, 7) is 0. The van der Waals surface area contributed by atoms with Crippen LogP contribution in [0.3, 0.4) is 0 Å². The molecular weight excluding hydrogens is 907 g/mol. The summed E-state index contributed by atoms with van der Waals surface area (Å²) in [5.41, 5.74) is -4.63. The van der Waals surface area contributed by atoms with E-state index in [0.29, 0.717) is 0 Å². The van der Waals surface area contributed by atoms with Gasteiger partial charge < -0.3 is 0 Å². The lowest BCUT2D eigenvalue weighted by molar-refractivity contribution is 0.795. The monoisotopic (exact) mass is 966 g/mol. The molecule has 11 aromatic rings. The van der Waals surface area contributed by atoms with Crippen LogP contribution in [-0.2, 0) is 29.0 Å². The first-order valence-corrected chi connectivity index (χ1v) is 27.8. The molecule has 0 bridgehead atoms. The molecule has 0 amide bonds. The number of hydrogen-bond donors (Lipinski definition) is 0. The molecule has 4 heteroatoms. The summed E-state index contributed by atoms with van der Waals surface area (Å²) in [6.07, 6.45) is 0. The quantitative estimate of drug-likeness (QED) is 0.139. The molecule has 0 saturated heterocycles. The summed E-state index contributed by atoms with van der Waals surface area (Å²) in [5.74, 6) is 0. The second kappa shape index (κ2) is 16.6. The highest BCUT2D eigenvalue weighted by molar-refractivity contribution is 8.26. The molecule has 13 rings (SSSR count). The maximum Gasteiger partial charge on any atom is 0.0726 e. The molecule has 11 aromatic carbocycles. The molecule has 69 heavy (non-hydrogen) atoms. The van der Waals surface area contributed by atoms with Gasteiger partial charge in [-0.2, -0.15) is 0 Å². The third-order valence-corrected chi connectivity index (χ3v) is 23.3. The Hall–Kier alpha value is -7.02. The van der Waals surface area contributed by atoms with Crippen LogP contribution in [0, 0.1) is 0 Å². The maximum atomic E-state index is 10.7. The van der Waals surface area contributed by atoms with Crippen molar-refractivity contribution in [1.29, 1.82) is 0 Å². The van der Waals surface area contributed by atoms with Gasteiger partial charge in [0.15, 0.2) is 0 Å². The van der Waals surface area contributed by atoms with Gasteiger partial charge in [-0.3, -0.25) is 0 Å². The molecule has 0 fully saturated rings. The molecule has 0 aromatic heterocycles. The van der Waals surface area contributed by atoms with Crippen molar-refractivity contribution in [2.75, 3.05) is 0 Å². The first-order chi connectivity index (χ1) is 40.7. The molecule has 0 nitrogen and oxygen atoms in total. The van der Waals surface area contributed by atoms with Crippen LogP contribution in [-0.4, -0.2) is 0 Å². The summed E-state index contributed by atoms with van der Waals surface area (Å²) >= 11 is 13.3. The second-order valence-corrected chi connectivity index (χ2v) is 25.7. The van der Waals surface area contributed by atoms with Crippen molar-refractivity contribution in [1.82, 2.24) is 0 Å². The average Bonchev–Trinajstić information content (AvgIpc) is 1.48. The summed E-state index contributed by atoms with van der Waals surface area (Å²) in [4.78, 5) is 0. The van der Waals surface area contributed by atoms with E-state index in [2.05, 4.69) is 0 Å². The number of rotatable bonds is 8. The molecule has 0 atom stereocenters. The average molecular weight is 967 g/mol. The number of hydrogen-bond acceptors (Lipinski definition) is 2. The lowest BCUT2D eigenvalue weighted by Gasteiger charge is -2.31.